The van der Waals surface area contributed by atoms with E-state index in [9.17, 15) is 18.0 Å². The molecule has 1 amide bonds. The zero-order valence-electron chi connectivity index (χ0n) is 16.1. The van der Waals surface area contributed by atoms with Gasteiger partial charge in [-0.05, 0) is 18.2 Å². The van der Waals surface area contributed by atoms with E-state index in [-0.39, 0.29) is 22.8 Å². The minimum absolute atomic E-state index is 0.0196. The summed E-state index contributed by atoms with van der Waals surface area (Å²) in [7, 11) is 0. The van der Waals surface area contributed by atoms with Gasteiger partial charge in [0, 0.05) is 17.2 Å². The molecule has 0 spiro atoms. The zero-order chi connectivity index (χ0) is 21.2. The quantitative estimate of drug-likeness (QED) is 0.786. The third-order valence-electron chi connectivity index (χ3n) is 3.97. The summed E-state index contributed by atoms with van der Waals surface area (Å²) in [6, 6.07) is 2.89. The molecule has 0 saturated carbocycles. The minimum atomic E-state index is -4.37. The molecule has 2 aromatic heterocycles. The average Bonchev–Trinajstić information content (AvgIpc) is 3.28. The number of pyridine rings is 1. The Balaban J connectivity index is 1.71. The molecule has 10 heteroatoms. The highest BCUT2D eigenvalue weighted by Gasteiger charge is 2.28. The second-order valence-electron chi connectivity index (χ2n) is 7.45. The number of amides is 1. The number of oxazole rings is 1. The number of allylic oxidation sites excluding steroid dienone is 1. The monoisotopic (exact) mass is 407 g/mol. The van der Waals surface area contributed by atoms with Crippen molar-refractivity contribution in [3.8, 4) is 11.5 Å². The lowest BCUT2D eigenvalue weighted by Crippen LogP contribution is -2.32. The second kappa shape index (κ2) is 7.69. The van der Waals surface area contributed by atoms with Gasteiger partial charge < -0.3 is 15.1 Å². The SMILES string of the molecule is CC(C)(C)C1=NCC=C1NC(=O)c1coc(-c2ccnc(NCC(F)(F)F)c2)n1. The molecular weight excluding hydrogens is 387 g/mol. The summed E-state index contributed by atoms with van der Waals surface area (Å²) in [5, 5.41) is 4.97. The molecule has 1 aliphatic rings. The van der Waals surface area contributed by atoms with E-state index in [1.807, 2.05) is 26.8 Å². The lowest BCUT2D eigenvalue weighted by atomic mass is 9.88. The fraction of sp³-hybridized carbons (Fsp3) is 0.368. The topological polar surface area (TPSA) is 92.4 Å². The summed E-state index contributed by atoms with van der Waals surface area (Å²) in [4.78, 5) is 24.9. The Labute approximate surface area is 165 Å². The first kappa shape index (κ1) is 20.6. The van der Waals surface area contributed by atoms with Crippen molar-refractivity contribution in [3.63, 3.8) is 0 Å². The van der Waals surface area contributed by atoms with Crippen LogP contribution in [0.15, 0.2) is 45.8 Å². The van der Waals surface area contributed by atoms with Crippen molar-refractivity contribution in [3.05, 3.63) is 42.1 Å². The Bertz CT molecular complexity index is 971. The third kappa shape index (κ3) is 5.21. The predicted molar refractivity (Wildman–Crippen MR) is 102 cm³/mol. The molecule has 154 valence electrons. The van der Waals surface area contributed by atoms with Crippen LogP contribution in [0.4, 0.5) is 19.0 Å². The molecule has 0 atom stereocenters. The van der Waals surface area contributed by atoms with Gasteiger partial charge in [-0.3, -0.25) is 9.79 Å². The fourth-order valence-electron chi connectivity index (χ4n) is 2.71. The van der Waals surface area contributed by atoms with Gasteiger partial charge in [0.2, 0.25) is 5.89 Å². The molecule has 29 heavy (non-hydrogen) atoms. The Morgan fingerprint density at radius 2 is 2.03 bits per heavy atom. The van der Waals surface area contributed by atoms with Gasteiger partial charge in [0.15, 0.2) is 5.69 Å². The number of aromatic nitrogens is 2. The van der Waals surface area contributed by atoms with Crippen molar-refractivity contribution >= 4 is 17.4 Å². The van der Waals surface area contributed by atoms with Gasteiger partial charge >= 0.3 is 6.18 Å². The van der Waals surface area contributed by atoms with Crippen LogP contribution in [0.25, 0.3) is 11.5 Å². The van der Waals surface area contributed by atoms with E-state index in [4.69, 9.17) is 4.42 Å². The van der Waals surface area contributed by atoms with Crippen LogP contribution < -0.4 is 10.6 Å². The van der Waals surface area contributed by atoms with Crippen LogP contribution in [0.3, 0.4) is 0 Å². The molecule has 0 radical (unpaired) electrons. The number of carbonyl (C=O) groups excluding carboxylic acids is 1. The number of alkyl halides is 3. The van der Waals surface area contributed by atoms with E-state index in [2.05, 4.69) is 25.6 Å². The maximum atomic E-state index is 12.5. The molecule has 0 unspecified atom stereocenters. The maximum absolute atomic E-state index is 12.5. The zero-order valence-corrected chi connectivity index (χ0v) is 16.1. The van der Waals surface area contributed by atoms with Crippen molar-refractivity contribution in [1.82, 2.24) is 15.3 Å². The Morgan fingerprint density at radius 1 is 1.28 bits per heavy atom. The van der Waals surface area contributed by atoms with E-state index in [1.165, 1.54) is 24.6 Å². The van der Waals surface area contributed by atoms with Gasteiger partial charge in [-0.2, -0.15) is 13.2 Å². The van der Waals surface area contributed by atoms with Crippen molar-refractivity contribution < 1.29 is 22.4 Å². The van der Waals surface area contributed by atoms with Crippen molar-refractivity contribution in [2.45, 2.75) is 26.9 Å². The number of halogens is 3. The van der Waals surface area contributed by atoms with Gasteiger partial charge in [-0.25, -0.2) is 9.97 Å². The van der Waals surface area contributed by atoms with E-state index in [1.54, 1.807) is 0 Å². The Morgan fingerprint density at radius 3 is 2.72 bits per heavy atom. The van der Waals surface area contributed by atoms with Crippen LogP contribution in [0.2, 0.25) is 0 Å². The third-order valence-corrected chi connectivity index (χ3v) is 3.97. The summed E-state index contributed by atoms with van der Waals surface area (Å²) in [5.74, 6) is -0.349. The molecule has 0 fully saturated rings. The van der Waals surface area contributed by atoms with Crippen LogP contribution in [-0.4, -0.2) is 40.9 Å². The summed E-state index contributed by atoms with van der Waals surface area (Å²) >= 11 is 0. The van der Waals surface area contributed by atoms with Crippen LogP contribution in [0.5, 0.6) is 0 Å². The van der Waals surface area contributed by atoms with Crippen LogP contribution in [-0.2, 0) is 0 Å². The van der Waals surface area contributed by atoms with E-state index in [0.29, 0.717) is 17.8 Å². The van der Waals surface area contributed by atoms with E-state index >= 15 is 0 Å². The summed E-state index contributed by atoms with van der Waals surface area (Å²) in [6.07, 6.45) is -0.0261. The number of rotatable bonds is 5. The van der Waals surface area contributed by atoms with Crippen molar-refractivity contribution in [2.24, 2.45) is 10.4 Å². The highest BCUT2D eigenvalue weighted by molar-refractivity contribution is 6.09. The minimum Gasteiger partial charge on any atom is -0.444 e. The summed E-state index contributed by atoms with van der Waals surface area (Å²) in [5.41, 5.74) is 1.64. The lowest BCUT2D eigenvalue weighted by Gasteiger charge is -2.21. The molecule has 2 N–H and O–H groups in total. The summed E-state index contributed by atoms with van der Waals surface area (Å²) < 4.78 is 42.4. The van der Waals surface area contributed by atoms with E-state index < -0.39 is 18.6 Å². The van der Waals surface area contributed by atoms with Gasteiger partial charge in [-0.1, -0.05) is 20.8 Å². The maximum Gasteiger partial charge on any atom is 0.405 e. The number of nitrogens with zero attached hydrogens (tertiary/aromatic N) is 3. The van der Waals surface area contributed by atoms with Crippen molar-refractivity contribution in [2.75, 3.05) is 18.4 Å². The lowest BCUT2D eigenvalue weighted by molar-refractivity contribution is -0.115. The largest absolute Gasteiger partial charge is 0.444 e. The first-order valence-corrected chi connectivity index (χ1v) is 8.82. The van der Waals surface area contributed by atoms with E-state index in [0.717, 1.165) is 5.71 Å². The Kier molecular flexibility index (Phi) is 5.45. The molecule has 2 aromatic rings. The summed E-state index contributed by atoms with van der Waals surface area (Å²) in [6.45, 7) is 5.28. The molecule has 3 rings (SSSR count). The molecule has 0 saturated heterocycles. The average molecular weight is 407 g/mol. The molecule has 0 aromatic carbocycles. The molecule has 0 bridgehead atoms. The van der Waals surface area contributed by atoms with Gasteiger partial charge in [-0.15, -0.1) is 0 Å². The number of nitrogens with one attached hydrogen (secondary N) is 2. The normalized spacial score (nSPS) is 14.4. The number of aliphatic imine (C=N–C) groups is 1. The van der Waals surface area contributed by atoms with Crippen LogP contribution in [0, 0.1) is 5.41 Å². The predicted octanol–water partition coefficient (Wildman–Crippen LogP) is 3.83. The molecule has 3 heterocycles. The molecule has 1 aliphatic heterocycles. The van der Waals surface area contributed by atoms with Crippen LogP contribution in [0.1, 0.15) is 31.3 Å². The first-order chi connectivity index (χ1) is 13.5. The number of hydrogen-bond donors (Lipinski definition) is 2. The van der Waals surface area contributed by atoms with Crippen molar-refractivity contribution in [1.29, 1.82) is 0 Å². The van der Waals surface area contributed by atoms with Gasteiger partial charge in [0.05, 0.1) is 18.0 Å². The van der Waals surface area contributed by atoms with Gasteiger partial charge in [0.1, 0.15) is 18.6 Å². The number of hydrogen-bond acceptors (Lipinski definition) is 6. The molecule has 7 nitrogen and oxygen atoms in total. The first-order valence-electron chi connectivity index (χ1n) is 8.82. The number of carbonyl (C=O) groups is 1. The molecule has 0 aliphatic carbocycles. The highest BCUT2D eigenvalue weighted by Crippen LogP contribution is 2.25. The standard InChI is InChI=1S/C19H20F3N5O2/c1-18(2,3)15-12(5-7-24-15)26-16(28)13-9-29-17(27-13)11-4-6-23-14(8-11)25-10-19(20,21)22/h4-6,8-9H,7,10H2,1-3H3,(H,23,25)(H,26,28). The fourth-order valence-corrected chi connectivity index (χ4v) is 2.71. The number of anilines is 1. The smallest absolute Gasteiger partial charge is 0.405 e. The molecular formula is C19H20F3N5O2. The second-order valence-corrected chi connectivity index (χ2v) is 7.45. The van der Waals surface area contributed by atoms with Gasteiger partial charge in [0.25, 0.3) is 5.91 Å². The highest BCUT2D eigenvalue weighted by atomic mass is 19.4. The Hall–Kier alpha value is -3.17. The van der Waals surface area contributed by atoms with Crippen LogP contribution >= 0.6 is 0 Å².